The minimum atomic E-state index is -0.713. The molecule has 2 aromatic rings. The van der Waals surface area contributed by atoms with Gasteiger partial charge in [0, 0.05) is 12.8 Å². The van der Waals surface area contributed by atoms with Crippen LogP contribution in [0.2, 0.25) is 0 Å². The Hall–Kier alpha value is -1.65. The predicted molar refractivity (Wildman–Crippen MR) is 83.5 cm³/mol. The van der Waals surface area contributed by atoms with Crippen molar-refractivity contribution in [3.8, 4) is 5.69 Å². The summed E-state index contributed by atoms with van der Waals surface area (Å²) in [6.07, 6.45) is 2.50. The lowest BCUT2D eigenvalue weighted by Crippen LogP contribution is -2.39. The second kappa shape index (κ2) is 6.87. The molecule has 0 saturated heterocycles. The van der Waals surface area contributed by atoms with Gasteiger partial charge in [0.25, 0.3) is 0 Å². The Kier molecular flexibility index (Phi) is 5.15. The Bertz CT molecular complexity index is 547. The number of aromatic nitrogens is 2. The monoisotopic (exact) mass is 288 g/mol. The van der Waals surface area contributed by atoms with Crippen molar-refractivity contribution in [3.63, 3.8) is 0 Å². The molecule has 1 aromatic carbocycles. The summed E-state index contributed by atoms with van der Waals surface area (Å²) in [7, 11) is 0. The molecule has 2 rings (SSSR count). The highest BCUT2D eigenvalue weighted by molar-refractivity contribution is 5.33. The SMILES string of the molecule is CCOC(CC)(CC)C(O)c1ccnn1-c1ccccc1. The first-order chi connectivity index (χ1) is 10.2. The van der Waals surface area contributed by atoms with Gasteiger partial charge in [-0.15, -0.1) is 0 Å². The van der Waals surface area contributed by atoms with Gasteiger partial charge in [-0.3, -0.25) is 0 Å². The molecule has 1 N–H and O–H groups in total. The van der Waals surface area contributed by atoms with Gasteiger partial charge in [0.1, 0.15) is 6.10 Å². The maximum Gasteiger partial charge on any atom is 0.125 e. The van der Waals surface area contributed by atoms with E-state index in [1.54, 1.807) is 10.9 Å². The van der Waals surface area contributed by atoms with Crippen LogP contribution < -0.4 is 0 Å². The van der Waals surface area contributed by atoms with Gasteiger partial charge in [0.15, 0.2) is 0 Å². The van der Waals surface area contributed by atoms with Gasteiger partial charge in [-0.1, -0.05) is 32.0 Å². The van der Waals surface area contributed by atoms with Gasteiger partial charge in [-0.05, 0) is 38.0 Å². The van der Waals surface area contributed by atoms with Crippen molar-refractivity contribution >= 4 is 0 Å². The average Bonchev–Trinajstić information content (AvgIpc) is 3.02. The van der Waals surface area contributed by atoms with Gasteiger partial charge in [-0.2, -0.15) is 5.10 Å². The number of ether oxygens (including phenoxy) is 1. The van der Waals surface area contributed by atoms with E-state index in [0.29, 0.717) is 6.61 Å². The predicted octanol–water partition coefficient (Wildman–Crippen LogP) is 3.50. The maximum absolute atomic E-state index is 10.9. The molecule has 0 amide bonds. The van der Waals surface area contributed by atoms with E-state index in [-0.39, 0.29) is 0 Å². The molecule has 1 heterocycles. The summed E-state index contributed by atoms with van der Waals surface area (Å²) in [5.74, 6) is 0. The van der Waals surface area contributed by atoms with Crippen molar-refractivity contribution in [3.05, 3.63) is 48.3 Å². The average molecular weight is 288 g/mol. The van der Waals surface area contributed by atoms with Crippen LogP contribution in [0.3, 0.4) is 0 Å². The Morgan fingerprint density at radius 3 is 2.38 bits per heavy atom. The zero-order valence-corrected chi connectivity index (χ0v) is 13.0. The first-order valence-electron chi connectivity index (χ1n) is 7.59. The van der Waals surface area contributed by atoms with E-state index in [2.05, 4.69) is 5.10 Å². The van der Waals surface area contributed by atoms with Crippen LogP contribution in [0.15, 0.2) is 42.6 Å². The van der Waals surface area contributed by atoms with E-state index in [1.165, 1.54) is 0 Å². The van der Waals surface area contributed by atoms with Gasteiger partial charge in [0.05, 0.1) is 17.0 Å². The van der Waals surface area contributed by atoms with Crippen LogP contribution in [0.1, 0.15) is 45.4 Å². The van der Waals surface area contributed by atoms with Crippen molar-refractivity contribution in [1.82, 2.24) is 9.78 Å². The van der Waals surface area contributed by atoms with Crippen LogP contribution >= 0.6 is 0 Å². The second-order valence-corrected chi connectivity index (χ2v) is 5.11. The molecule has 1 atom stereocenters. The molecule has 21 heavy (non-hydrogen) atoms. The van der Waals surface area contributed by atoms with Crippen LogP contribution in [0, 0.1) is 0 Å². The highest BCUT2D eigenvalue weighted by Gasteiger charge is 2.38. The number of aliphatic hydroxyl groups excluding tert-OH is 1. The van der Waals surface area contributed by atoms with Crippen molar-refractivity contribution in [2.75, 3.05) is 6.61 Å². The summed E-state index contributed by atoms with van der Waals surface area (Å²) in [5.41, 5.74) is 1.13. The largest absolute Gasteiger partial charge is 0.384 e. The summed E-state index contributed by atoms with van der Waals surface area (Å²) in [6.45, 7) is 6.64. The molecule has 4 heteroatoms. The molecule has 0 radical (unpaired) electrons. The summed E-state index contributed by atoms with van der Waals surface area (Å²) in [5, 5.41) is 15.3. The molecule has 0 bridgehead atoms. The molecule has 114 valence electrons. The molecule has 0 aliphatic heterocycles. The van der Waals surface area contributed by atoms with Crippen LogP contribution in [0.5, 0.6) is 0 Å². The Morgan fingerprint density at radius 1 is 1.14 bits per heavy atom. The van der Waals surface area contributed by atoms with Crippen molar-refractivity contribution in [2.24, 2.45) is 0 Å². The number of para-hydroxylation sites is 1. The lowest BCUT2D eigenvalue weighted by Gasteiger charge is -2.36. The number of hydrogen-bond acceptors (Lipinski definition) is 3. The van der Waals surface area contributed by atoms with Gasteiger partial charge >= 0.3 is 0 Å². The molecule has 0 aliphatic carbocycles. The summed E-state index contributed by atoms with van der Waals surface area (Å²) < 4.78 is 7.69. The van der Waals surface area contributed by atoms with Gasteiger partial charge in [0.2, 0.25) is 0 Å². The van der Waals surface area contributed by atoms with Crippen molar-refractivity contribution in [1.29, 1.82) is 0 Å². The van der Waals surface area contributed by atoms with E-state index in [4.69, 9.17) is 4.74 Å². The van der Waals surface area contributed by atoms with E-state index in [1.807, 2.05) is 57.2 Å². The van der Waals surface area contributed by atoms with Crippen LogP contribution in [0.25, 0.3) is 5.69 Å². The minimum Gasteiger partial charge on any atom is -0.384 e. The molecule has 0 saturated carbocycles. The molecule has 1 unspecified atom stereocenters. The van der Waals surface area contributed by atoms with E-state index in [0.717, 1.165) is 24.2 Å². The third-order valence-corrected chi connectivity index (χ3v) is 4.08. The van der Waals surface area contributed by atoms with E-state index in [9.17, 15) is 5.11 Å². The maximum atomic E-state index is 10.9. The summed E-state index contributed by atoms with van der Waals surface area (Å²) in [6, 6.07) is 11.7. The third-order valence-electron chi connectivity index (χ3n) is 4.08. The molecular weight excluding hydrogens is 264 g/mol. The highest BCUT2D eigenvalue weighted by atomic mass is 16.5. The first-order valence-corrected chi connectivity index (χ1v) is 7.59. The number of hydrogen-bond donors (Lipinski definition) is 1. The smallest absolute Gasteiger partial charge is 0.125 e. The molecule has 0 fully saturated rings. The standard InChI is InChI=1S/C17H24N2O2/c1-4-17(5-2,21-6-3)16(20)15-12-13-18-19(15)14-10-8-7-9-11-14/h7-13,16,20H,4-6H2,1-3H3. The Labute approximate surface area is 126 Å². The fourth-order valence-electron chi connectivity index (χ4n) is 2.78. The first kappa shape index (κ1) is 15.7. The zero-order valence-electron chi connectivity index (χ0n) is 13.0. The fourth-order valence-corrected chi connectivity index (χ4v) is 2.78. The summed E-state index contributed by atoms with van der Waals surface area (Å²) in [4.78, 5) is 0. The summed E-state index contributed by atoms with van der Waals surface area (Å²) >= 11 is 0. The van der Waals surface area contributed by atoms with Crippen molar-refractivity contribution < 1.29 is 9.84 Å². The highest BCUT2D eigenvalue weighted by Crippen LogP contribution is 2.35. The van der Waals surface area contributed by atoms with Crippen LogP contribution in [-0.2, 0) is 4.74 Å². The number of aliphatic hydroxyl groups is 1. The fraction of sp³-hybridized carbons (Fsp3) is 0.471. The third kappa shape index (κ3) is 3.01. The second-order valence-electron chi connectivity index (χ2n) is 5.11. The molecule has 0 spiro atoms. The van der Waals surface area contributed by atoms with E-state index < -0.39 is 11.7 Å². The van der Waals surface area contributed by atoms with Crippen LogP contribution in [0.4, 0.5) is 0 Å². The molecule has 1 aromatic heterocycles. The number of rotatable bonds is 7. The van der Waals surface area contributed by atoms with Crippen molar-refractivity contribution in [2.45, 2.75) is 45.3 Å². The quantitative estimate of drug-likeness (QED) is 0.848. The van der Waals surface area contributed by atoms with E-state index >= 15 is 0 Å². The topological polar surface area (TPSA) is 47.3 Å². The minimum absolute atomic E-state index is 0.568. The molecule has 0 aliphatic rings. The number of nitrogens with zero attached hydrogens (tertiary/aromatic N) is 2. The van der Waals surface area contributed by atoms with Crippen LogP contribution in [-0.4, -0.2) is 27.1 Å². The zero-order chi connectivity index (χ0) is 15.3. The lowest BCUT2D eigenvalue weighted by molar-refractivity contribution is -0.129. The molecular formula is C17H24N2O2. The van der Waals surface area contributed by atoms with Gasteiger partial charge in [-0.25, -0.2) is 4.68 Å². The Balaban J connectivity index is 2.40. The molecule has 4 nitrogen and oxygen atoms in total. The van der Waals surface area contributed by atoms with Gasteiger partial charge < -0.3 is 9.84 Å². The lowest BCUT2D eigenvalue weighted by atomic mass is 9.88. The Morgan fingerprint density at radius 2 is 1.81 bits per heavy atom. The number of benzene rings is 1. The normalized spacial score (nSPS) is 13.3.